The molecule has 0 saturated carbocycles. The first-order chi connectivity index (χ1) is 9.54. The molecule has 0 aliphatic carbocycles. The summed E-state index contributed by atoms with van der Waals surface area (Å²) in [6.45, 7) is 5.72. The summed E-state index contributed by atoms with van der Waals surface area (Å²) in [5.41, 5.74) is 3.40. The Labute approximate surface area is 120 Å². The zero-order valence-corrected chi connectivity index (χ0v) is 12.5. The number of nitrogens with zero attached hydrogens (tertiary/aromatic N) is 1. The van der Waals surface area contributed by atoms with E-state index in [0.717, 1.165) is 30.8 Å². The van der Waals surface area contributed by atoms with Crippen molar-refractivity contribution in [2.75, 3.05) is 13.6 Å². The minimum absolute atomic E-state index is 0.410. The van der Waals surface area contributed by atoms with Crippen molar-refractivity contribution in [3.8, 4) is 0 Å². The molecule has 1 aromatic carbocycles. The van der Waals surface area contributed by atoms with Gasteiger partial charge >= 0.3 is 0 Å². The molecule has 0 aliphatic heterocycles. The van der Waals surface area contributed by atoms with Crippen LogP contribution in [-0.4, -0.2) is 23.6 Å². The first-order valence-electron chi connectivity index (χ1n) is 7.02. The lowest BCUT2D eigenvalue weighted by Gasteiger charge is -2.18. The van der Waals surface area contributed by atoms with Crippen molar-refractivity contribution in [3.63, 3.8) is 0 Å². The van der Waals surface area contributed by atoms with Gasteiger partial charge in [0.25, 0.3) is 0 Å². The van der Waals surface area contributed by atoms with Crippen LogP contribution in [0, 0.1) is 13.8 Å². The lowest BCUT2D eigenvalue weighted by atomic mass is 10.0. The lowest BCUT2D eigenvalue weighted by molar-refractivity contribution is 0.145. The van der Waals surface area contributed by atoms with Crippen LogP contribution in [0.4, 0.5) is 0 Å². The van der Waals surface area contributed by atoms with E-state index in [1.807, 2.05) is 19.2 Å². The molecule has 2 rings (SSSR count). The van der Waals surface area contributed by atoms with Crippen LogP contribution < -0.4 is 0 Å². The van der Waals surface area contributed by atoms with Crippen molar-refractivity contribution in [2.45, 2.75) is 32.9 Å². The van der Waals surface area contributed by atoms with Crippen LogP contribution in [0.3, 0.4) is 0 Å². The fourth-order valence-electron chi connectivity index (χ4n) is 2.46. The van der Waals surface area contributed by atoms with Crippen LogP contribution in [0.25, 0.3) is 0 Å². The first-order valence-corrected chi connectivity index (χ1v) is 7.02. The number of benzene rings is 1. The van der Waals surface area contributed by atoms with E-state index >= 15 is 0 Å². The van der Waals surface area contributed by atoms with Crippen molar-refractivity contribution in [2.24, 2.45) is 0 Å². The average molecular weight is 273 g/mol. The van der Waals surface area contributed by atoms with Gasteiger partial charge in [-0.25, -0.2) is 0 Å². The Morgan fingerprint density at radius 3 is 2.50 bits per heavy atom. The Kier molecular flexibility index (Phi) is 4.99. The van der Waals surface area contributed by atoms with E-state index < -0.39 is 6.10 Å². The molecule has 3 nitrogen and oxygen atoms in total. The summed E-state index contributed by atoms with van der Waals surface area (Å²) >= 11 is 0. The molecule has 108 valence electrons. The lowest BCUT2D eigenvalue weighted by Crippen LogP contribution is -2.20. The van der Waals surface area contributed by atoms with Crippen LogP contribution in [0.2, 0.25) is 0 Å². The monoisotopic (exact) mass is 273 g/mol. The minimum Gasteiger partial charge on any atom is -0.468 e. The number of hydrogen-bond acceptors (Lipinski definition) is 3. The summed E-state index contributed by atoms with van der Waals surface area (Å²) in [7, 11) is 2.04. The normalized spacial score (nSPS) is 12.8. The summed E-state index contributed by atoms with van der Waals surface area (Å²) < 4.78 is 5.32. The number of hydrogen-bond donors (Lipinski definition) is 1. The van der Waals surface area contributed by atoms with Crippen molar-refractivity contribution in [3.05, 3.63) is 59.0 Å². The van der Waals surface area contributed by atoms with E-state index in [1.165, 1.54) is 11.1 Å². The third-order valence-corrected chi connectivity index (χ3v) is 3.42. The van der Waals surface area contributed by atoms with Crippen molar-refractivity contribution >= 4 is 0 Å². The van der Waals surface area contributed by atoms with Crippen LogP contribution in [0.5, 0.6) is 0 Å². The smallest absolute Gasteiger partial charge is 0.117 e. The van der Waals surface area contributed by atoms with Crippen molar-refractivity contribution in [1.29, 1.82) is 0 Å². The predicted molar refractivity (Wildman–Crippen MR) is 80.5 cm³/mol. The molecule has 0 aliphatic rings. The molecule has 0 amide bonds. The SMILES string of the molecule is Cc1cc(C)cc(C(O)CCN(C)Cc2ccco2)c1. The molecule has 0 spiro atoms. The summed E-state index contributed by atoms with van der Waals surface area (Å²) in [6, 6.07) is 10.1. The largest absolute Gasteiger partial charge is 0.468 e. The zero-order chi connectivity index (χ0) is 14.5. The minimum atomic E-state index is -0.410. The Balaban J connectivity index is 1.86. The molecule has 20 heavy (non-hydrogen) atoms. The van der Waals surface area contributed by atoms with Gasteiger partial charge in [-0.15, -0.1) is 0 Å². The number of furan rings is 1. The maximum absolute atomic E-state index is 10.3. The summed E-state index contributed by atoms with van der Waals surface area (Å²) in [6.07, 6.45) is 2.00. The van der Waals surface area contributed by atoms with Gasteiger partial charge in [-0.3, -0.25) is 4.90 Å². The second kappa shape index (κ2) is 6.73. The maximum atomic E-state index is 10.3. The van der Waals surface area contributed by atoms with Gasteiger partial charge in [0.2, 0.25) is 0 Å². The molecular formula is C17H23NO2. The van der Waals surface area contributed by atoms with E-state index in [9.17, 15) is 5.11 Å². The van der Waals surface area contributed by atoms with Gasteiger partial charge in [0, 0.05) is 6.54 Å². The molecule has 1 unspecified atom stereocenters. The third kappa shape index (κ3) is 4.22. The fraction of sp³-hybridized carbons (Fsp3) is 0.412. The van der Waals surface area contributed by atoms with E-state index in [0.29, 0.717) is 0 Å². The standard InChI is InChI=1S/C17H23NO2/c1-13-9-14(2)11-15(10-13)17(19)6-7-18(3)12-16-5-4-8-20-16/h4-5,8-11,17,19H,6-7,12H2,1-3H3. The molecular weight excluding hydrogens is 250 g/mol. The Morgan fingerprint density at radius 2 is 1.90 bits per heavy atom. The van der Waals surface area contributed by atoms with Gasteiger partial charge in [-0.2, -0.15) is 0 Å². The highest BCUT2D eigenvalue weighted by Gasteiger charge is 2.10. The van der Waals surface area contributed by atoms with Crippen molar-refractivity contribution < 1.29 is 9.52 Å². The highest BCUT2D eigenvalue weighted by Crippen LogP contribution is 2.20. The van der Waals surface area contributed by atoms with Gasteiger partial charge in [-0.1, -0.05) is 29.3 Å². The second-order valence-electron chi connectivity index (χ2n) is 5.54. The van der Waals surface area contributed by atoms with Crippen LogP contribution in [0.1, 0.15) is 35.0 Å². The van der Waals surface area contributed by atoms with Gasteiger partial charge in [0.05, 0.1) is 18.9 Å². The Morgan fingerprint density at radius 1 is 1.20 bits per heavy atom. The number of aryl methyl sites for hydroxylation is 2. The summed E-state index contributed by atoms with van der Waals surface area (Å²) in [5.74, 6) is 0.952. The van der Waals surface area contributed by atoms with E-state index in [2.05, 4.69) is 36.9 Å². The number of aliphatic hydroxyl groups is 1. The highest BCUT2D eigenvalue weighted by atomic mass is 16.3. The summed E-state index contributed by atoms with van der Waals surface area (Å²) in [5, 5.41) is 10.3. The van der Waals surface area contributed by atoms with E-state index in [-0.39, 0.29) is 0 Å². The van der Waals surface area contributed by atoms with E-state index in [1.54, 1.807) is 6.26 Å². The summed E-state index contributed by atoms with van der Waals surface area (Å²) in [4.78, 5) is 2.16. The molecule has 1 atom stereocenters. The molecule has 2 aromatic rings. The fourth-order valence-corrected chi connectivity index (χ4v) is 2.46. The van der Waals surface area contributed by atoms with Crippen molar-refractivity contribution in [1.82, 2.24) is 4.90 Å². The van der Waals surface area contributed by atoms with Gasteiger partial charge in [0.1, 0.15) is 5.76 Å². The van der Waals surface area contributed by atoms with Crippen LogP contribution in [0.15, 0.2) is 41.0 Å². The third-order valence-electron chi connectivity index (χ3n) is 3.42. The predicted octanol–water partition coefficient (Wildman–Crippen LogP) is 3.45. The molecule has 1 heterocycles. The van der Waals surface area contributed by atoms with Gasteiger partial charge in [-0.05, 0) is 45.0 Å². The van der Waals surface area contributed by atoms with E-state index in [4.69, 9.17) is 4.42 Å². The first kappa shape index (κ1) is 14.8. The molecule has 1 aromatic heterocycles. The highest BCUT2D eigenvalue weighted by molar-refractivity contribution is 5.29. The Bertz CT molecular complexity index is 514. The molecule has 0 fully saturated rings. The second-order valence-corrected chi connectivity index (χ2v) is 5.54. The van der Waals surface area contributed by atoms with Crippen LogP contribution in [-0.2, 0) is 6.54 Å². The number of rotatable bonds is 6. The van der Waals surface area contributed by atoms with Crippen LogP contribution >= 0.6 is 0 Å². The van der Waals surface area contributed by atoms with Gasteiger partial charge < -0.3 is 9.52 Å². The Hall–Kier alpha value is -1.58. The number of aliphatic hydroxyl groups excluding tert-OH is 1. The molecule has 0 bridgehead atoms. The molecule has 0 saturated heterocycles. The molecule has 1 N–H and O–H groups in total. The average Bonchev–Trinajstić information content (AvgIpc) is 2.87. The molecule has 3 heteroatoms. The zero-order valence-electron chi connectivity index (χ0n) is 12.5. The topological polar surface area (TPSA) is 36.6 Å². The quantitative estimate of drug-likeness (QED) is 0.875. The molecule has 0 radical (unpaired) electrons. The maximum Gasteiger partial charge on any atom is 0.117 e. The van der Waals surface area contributed by atoms with Gasteiger partial charge in [0.15, 0.2) is 0 Å².